The third-order valence-corrected chi connectivity index (χ3v) is 1.99. The maximum absolute atomic E-state index is 10.1. The van der Waals surface area contributed by atoms with Crippen LogP contribution in [-0.2, 0) is 0 Å². The van der Waals surface area contributed by atoms with Crippen LogP contribution in [0.3, 0.4) is 0 Å². The van der Waals surface area contributed by atoms with Crippen LogP contribution in [0.1, 0.15) is 20.8 Å². The van der Waals surface area contributed by atoms with Crippen LogP contribution in [-0.4, -0.2) is 12.8 Å². The summed E-state index contributed by atoms with van der Waals surface area (Å²) in [6.45, 7) is 9.71. The zero-order chi connectivity index (χ0) is 12.4. The van der Waals surface area contributed by atoms with Crippen molar-refractivity contribution >= 4 is 6.21 Å². The Balaban J connectivity index is 4.66. The molecule has 0 unspecified atom stereocenters. The molecular formula is C13H18N2O. The third-order valence-electron chi connectivity index (χ3n) is 1.99. The van der Waals surface area contributed by atoms with E-state index in [0.717, 1.165) is 11.1 Å². The lowest BCUT2D eigenvalue weighted by Gasteiger charge is -2.00. The van der Waals surface area contributed by atoms with E-state index in [1.54, 1.807) is 6.21 Å². The molecule has 3 nitrogen and oxygen atoms in total. The van der Waals surface area contributed by atoms with E-state index < -0.39 is 0 Å². The van der Waals surface area contributed by atoms with Crippen LogP contribution in [0.15, 0.2) is 57.9 Å². The van der Waals surface area contributed by atoms with Gasteiger partial charge in [0.15, 0.2) is 0 Å². The van der Waals surface area contributed by atoms with Crippen molar-refractivity contribution < 1.29 is 0 Å². The van der Waals surface area contributed by atoms with Gasteiger partial charge in [-0.05, 0) is 31.9 Å². The second-order valence-corrected chi connectivity index (χ2v) is 3.10. The highest BCUT2D eigenvalue weighted by Crippen LogP contribution is 2.10. The first-order valence-electron chi connectivity index (χ1n) is 5.16. The first kappa shape index (κ1) is 14.2. The highest BCUT2D eigenvalue weighted by atomic mass is 16.3. The summed E-state index contributed by atoms with van der Waals surface area (Å²) < 4.78 is 0. The highest BCUT2D eigenvalue weighted by Gasteiger charge is 1.95. The Kier molecular flexibility index (Phi) is 7.59. The molecule has 86 valence electrons. The van der Waals surface area contributed by atoms with Gasteiger partial charge in [-0.15, -0.1) is 0 Å². The fraction of sp³-hybridized carbons (Fsp3) is 0.308. The molecule has 0 aliphatic carbocycles. The lowest BCUT2D eigenvalue weighted by atomic mass is 10.2. The van der Waals surface area contributed by atoms with Gasteiger partial charge in [-0.3, -0.25) is 4.99 Å². The number of rotatable bonds is 6. The smallest absolute Gasteiger partial charge is 0.107 e. The molecule has 0 aromatic carbocycles. The van der Waals surface area contributed by atoms with Crippen LogP contribution in [0, 0.1) is 4.91 Å². The molecule has 16 heavy (non-hydrogen) atoms. The van der Waals surface area contributed by atoms with Crippen LogP contribution in [0.2, 0.25) is 0 Å². The van der Waals surface area contributed by atoms with Crippen molar-refractivity contribution in [1.82, 2.24) is 0 Å². The molecule has 0 rings (SSSR count). The number of hydrogen-bond acceptors (Lipinski definition) is 3. The number of nitroso groups, excluding NO2 is 1. The van der Waals surface area contributed by atoms with Crippen molar-refractivity contribution in [3.63, 3.8) is 0 Å². The van der Waals surface area contributed by atoms with Crippen LogP contribution in [0.4, 0.5) is 0 Å². The van der Waals surface area contributed by atoms with Gasteiger partial charge in [0.1, 0.15) is 6.54 Å². The van der Waals surface area contributed by atoms with Gasteiger partial charge >= 0.3 is 0 Å². The van der Waals surface area contributed by atoms with Crippen LogP contribution < -0.4 is 0 Å². The summed E-state index contributed by atoms with van der Waals surface area (Å²) >= 11 is 0. The maximum Gasteiger partial charge on any atom is 0.107 e. The minimum Gasteiger partial charge on any atom is -0.257 e. The summed E-state index contributed by atoms with van der Waals surface area (Å²) in [7, 11) is 0. The number of aliphatic imine (C=N–C) groups is 1. The predicted molar refractivity (Wildman–Crippen MR) is 70.6 cm³/mol. The molecule has 0 bridgehead atoms. The van der Waals surface area contributed by atoms with E-state index in [4.69, 9.17) is 0 Å². The fourth-order valence-corrected chi connectivity index (χ4v) is 1.06. The molecule has 3 heteroatoms. The van der Waals surface area contributed by atoms with Crippen molar-refractivity contribution in [3.8, 4) is 0 Å². The average molecular weight is 218 g/mol. The molecule has 0 aromatic rings. The van der Waals surface area contributed by atoms with E-state index in [1.165, 1.54) is 0 Å². The molecule has 0 aliphatic heterocycles. The standard InChI is InChI=1S/C13H18N2O/c1-5-8-13(7-3)11(4)14-9-12(6-2)10-15-16/h5-9H,4,10H2,1-3H3/b8-5-,12-6+,13-7+,14-9?. The van der Waals surface area contributed by atoms with Crippen molar-refractivity contribution in [1.29, 1.82) is 0 Å². The molecule has 0 atom stereocenters. The van der Waals surface area contributed by atoms with Crippen molar-refractivity contribution in [2.45, 2.75) is 20.8 Å². The molecule has 0 saturated carbocycles. The summed E-state index contributed by atoms with van der Waals surface area (Å²) in [5.74, 6) is 0. The molecule has 0 aliphatic rings. The van der Waals surface area contributed by atoms with Crippen molar-refractivity contribution in [2.24, 2.45) is 10.2 Å². The van der Waals surface area contributed by atoms with E-state index in [-0.39, 0.29) is 6.54 Å². The Bertz CT molecular complexity index is 360. The van der Waals surface area contributed by atoms with Crippen LogP contribution >= 0.6 is 0 Å². The molecule has 0 heterocycles. The lowest BCUT2D eigenvalue weighted by molar-refractivity contribution is 1.18. The normalized spacial score (nSPS) is 13.7. The van der Waals surface area contributed by atoms with Gasteiger partial charge in [-0.25, -0.2) is 0 Å². The van der Waals surface area contributed by atoms with Gasteiger partial charge in [-0.2, -0.15) is 4.91 Å². The van der Waals surface area contributed by atoms with Gasteiger partial charge in [-0.1, -0.05) is 36.1 Å². The summed E-state index contributed by atoms with van der Waals surface area (Å²) in [5, 5.41) is 2.82. The molecular weight excluding hydrogens is 200 g/mol. The Hall–Kier alpha value is -1.77. The second kappa shape index (κ2) is 8.53. The zero-order valence-electron chi connectivity index (χ0n) is 10.1. The lowest BCUT2D eigenvalue weighted by Crippen LogP contribution is -1.90. The topological polar surface area (TPSA) is 41.8 Å². The van der Waals surface area contributed by atoms with E-state index in [0.29, 0.717) is 5.70 Å². The maximum atomic E-state index is 10.1. The Morgan fingerprint density at radius 2 is 1.94 bits per heavy atom. The predicted octanol–water partition coefficient (Wildman–Crippen LogP) is 3.81. The van der Waals surface area contributed by atoms with Crippen molar-refractivity contribution in [3.05, 3.63) is 52.6 Å². The van der Waals surface area contributed by atoms with E-state index >= 15 is 0 Å². The summed E-state index contributed by atoms with van der Waals surface area (Å²) in [4.78, 5) is 14.3. The van der Waals surface area contributed by atoms with Crippen LogP contribution in [0.25, 0.3) is 0 Å². The highest BCUT2D eigenvalue weighted by molar-refractivity contribution is 5.80. The Labute approximate surface area is 97.0 Å². The van der Waals surface area contributed by atoms with E-state index in [1.807, 2.05) is 45.1 Å². The molecule has 0 aromatic heterocycles. The molecule has 0 saturated heterocycles. The number of hydrogen-bond donors (Lipinski definition) is 0. The second-order valence-electron chi connectivity index (χ2n) is 3.10. The average Bonchev–Trinajstić information content (AvgIpc) is 2.30. The number of nitrogens with zero attached hydrogens (tertiary/aromatic N) is 2. The molecule has 0 amide bonds. The first-order valence-corrected chi connectivity index (χ1v) is 5.16. The van der Waals surface area contributed by atoms with Gasteiger partial charge < -0.3 is 0 Å². The van der Waals surface area contributed by atoms with Crippen molar-refractivity contribution in [2.75, 3.05) is 6.54 Å². The Morgan fingerprint density at radius 1 is 1.25 bits per heavy atom. The molecule has 0 N–H and O–H groups in total. The Morgan fingerprint density at radius 3 is 2.38 bits per heavy atom. The summed E-state index contributed by atoms with van der Waals surface area (Å²) in [6.07, 6.45) is 9.24. The molecule has 0 radical (unpaired) electrons. The fourth-order valence-electron chi connectivity index (χ4n) is 1.06. The zero-order valence-corrected chi connectivity index (χ0v) is 10.1. The summed E-state index contributed by atoms with van der Waals surface area (Å²) in [5.41, 5.74) is 2.42. The van der Waals surface area contributed by atoms with Gasteiger partial charge in [0.25, 0.3) is 0 Å². The van der Waals surface area contributed by atoms with E-state index in [2.05, 4.69) is 16.7 Å². The molecule has 0 fully saturated rings. The SMILES string of the molecule is C=C(N=C/C(=C\C)CN=O)C(/C=C\C)=C/C. The summed E-state index contributed by atoms with van der Waals surface area (Å²) in [6, 6.07) is 0. The van der Waals surface area contributed by atoms with Gasteiger partial charge in [0, 0.05) is 6.21 Å². The number of allylic oxidation sites excluding steroid dienone is 4. The van der Waals surface area contributed by atoms with Gasteiger partial charge in [0.2, 0.25) is 0 Å². The van der Waals surface area contributed by atoms with E-state index in [9.17, 15) is 4.91 Å². The first-order chi connectivity index (χ1) is 7.69. The third kappa shape index (κ3) is 5.20. The van der Waals surface area contributed by atoms with Crippen LogP contribution in [0.5, 0.6) is 0 Å². The monoisotopic (exact) mass is 218 g/mol. The van der Waals surface area contributed by atoms with Gasteiger partial charge in [0.05, 0.1) is 5.70 Å². The minimum atomic E-state index is 0.141. The minimum absolute atomic E-state index is 0.141. The quantitative estimate of drug-likeness (QED) is 0.380. The largest absolute Gasteiger partial charge is 0.257 e. The molecule has 0 spiro atoms.